The number of ether oxygens (including phenoxy) is 1. The minimum atomic E-state index is 0. The average molecular weight is 286 g/mol. The van der Waals surface area contributed by atoms with E-state index in [0.717, 1.165) is 11.3 Å². The van der Waals surface area contributed by atoms with Gasteiger partial charge in [-0.3, -0.25) is 0 Å². The number of hydrogen-bond acceptors (Lipinski definition) is 2. The molecule has 18 heavy (non-hydrogen) atoms. The fraction of sp³-hybridized carbons (Fsp3) is 0.154. The van der Waals surface area contributed by atoms with Crippen LogP contribution in [0.4, 0.5) is 0 Å². The first-order valence-electron chi connectivity index (χ1n) is 5.19. The van der Waals surface area contributed by atoms with Gasteiger partial charge in [0.1, 0.15) is 5.75 Å². The van der Waals surface area contributed by atoms with Gasteiger partial charge in [0.2, 0.25) is 6.20 Å². The molecule has 0 radical (unpaired) electrons. The Kier molecular flexibility index (Phi) is 5.25. The van der Waals surface area contributed by atoms with E-state index in [1.165, 1.54) is 0 Å². The Morgan fingerprint density at radius 3 is 2.78 bits per heavy atom. The van der Waals surface area contributed by atoms with Crippen molar-refractivity contribution >= 4 is 11.6 Å². The van der Waals surface area contributed by atoms with Gasteiger partial charge in [0.25, 0.3) is 0 Å². The lowest BCUT2D eigenvalue weighted by atomic mass is 10.2. The number of rotatable bonds is 3. The molecule has 0 saturated carbocycles. The summed E-state index contributed by atoms with van der Waals surface area (Å²) in [5.41, 5.74) is 0.968. The van der Waals surface area contributed by atoms with Gasteiger partial charge in [-0.05, 0) is 24.3 Å². The van der Waals surface area contributed by atoms with E-state index in [1.807, 2.05) is 22.9 Å². The van der Waals surface area contributed by atoms with Crippen molar-refractivity contribution in [3.05, 3.63) is 53.3 Å². The Balaban J connectivity index is 0.00000162. The standard InChI is InChI=1S/C13H12ClNO2.ClH/c1-17-13-5-4-11(14)7-10(13)8-15-6-2-3-12(16)9-15;/h2-7,9H,8H2,1H3;1H. The zero-order valence-electron chi connectivity index (χ0n) is 9.81. The van der Waals surface area contributed by atoms with Crippen molar-refractivity contribution in [3.63, 3.8) is 0 Å². The zero-order chi connectivity index (χ0) is 12.3. The van der Waals surface area contributed by atoms with Gasteiger partial charge in [-0.2, -0.15) is 4.57 Å². The SMILES string of the molecule is COc1ccc(Cl)cc1C[n+]1cccc(O)c1.[Cl-]. The van der Waals surface area contributed by atoms with Crippen molar-refractivity contribution < 1.29 is 26.8 Å². The van der Waals surface area contributed by atoms with E-state index in [2.05, 4.69) is 0 Å². The number of hydrogen-bond donors (Lipinski definition) is 1. The molecule has 96 valence electrons. The van der Waals surface area contributed by atoms with E-state index < -0.39 is 0 Å². The Morgan fingerprint density at radius 2 is 2.11 bits per heavy atom. The first-order valence-corrected chi connectivity index (χ1v) is 5.57. The zero-order valence-corrected chi connectivity index (χ0v) is 11.3. The molecular formula is C13H13Cl2NO2. The largest absolute Gasteiger partial charge is 1.00 e. The highest BCUT2D eigenvalue weighted by Gasteiger charge is 2.09. The van der Waals surface area contributed by atoms with Crippen LogP contribution in [-0.4, -0.2) is 12.2 Å². The molecule has 0 unspecified atom stereocenters. The second-order valence-corrected chi connectivity index (χ2v) is 4.13. The summed E-state index contributed by atoms with van der Waals surface area (Å²) in [5.74, 6) is 1.01. The van der Waals surface area contributed by atoms with Crippen LogP contribution in [0.2, 0.25) is 5.02 Å². The maximum absolute atomic E-state index is 9.39. The van der Waals surface area contributed by atoms with Crippen LogP contribution in [0.3, 0.4) is 0 Å². The van der Waals surface area contributed by atoms with Crippen molar-refractivity contribution in [2.75, 3.05) is 7.11 Å². The lowest BCUT2D eigenvalue weighted by Crippen LogP contribution is -3.00. The topological polar surface area (TPSA) is 33.3 Å². The molecule has 1 aromatic carbocycles. The molecular weight excluding hydrogens is 273 g/mol. The van der Waals surface area contributed by atoms with Gasteiger partial charge in [-0.1, -0.05) is 11.6 Å². The number of nitrogens with zero attached hydrogens (tertiary/aromatic N) is 1. The molecule has 0 aliphatic rings. The van der Waals surface area contributed by atoms with E-state index >= 15 is 0 Å². The first-order chi connectivity index (χ1) is 8.19. The summed E-state index contributed by atoms with van der Waals surface area (Å²) in [5, 5.41) is 10.1. The fourth-order valence-electron chi connectivity index (χ4n) is 1.67. The van der Waals surface area contributed by atoms with Crippen LogP contribution < -0.4 is 21.7 Å². The highest BCUT2D eigenvalue weighted by molar-refractivity contribution is 6.30. The molecule has 2 rings (SSSR count). The minimum Gasteiger partial charge on any atom is -1.00 e. The van der Waals surface area contributed by atoms with Crippen molar-refractivity contribution in [3.8, 4) is 11.5 Å². The number of aromatic nitrogens is 1. The maximum Gasteiger partial charge on any atom is 0.211 e. The summed E-state index contributed by atoms with van der Waals surface area (Å²) in [6.07, 6.45) is 3.53. The summed E-state index contributed by atoms with van der Waals surface area (Å²) in [7, 11) is 1.62. The molecule has 0 bridgehead atoms. The number of pyridine rings is 1. The smallest absolute Gasteiger partial charge is 0.211 e. The Hall–Kier alpha value is -1.45. The third-order valence-corrected chi connectivity index (χ3v) is 2.67. The number of methoxy groups -OCH3 is 1. The van der Waals surface area contributed by atoms with E-state index in [1.54, 1.807) is 31.5 Å². The van der Waals surface area contributed by atoms with E-state index in [-0.39, 0.29) is 18.2 Å². The van der Waals surface area contributed by atoms with Crippen LogP contribution in [-0.2, 0) is 6.54 Å². The molecule has 1 aromatic heterocycles. The maximum atomic E-state index is 9.39. The minimum absolute atomic E-state index is 0. The summed E-state index contributed by atoms with van der Waals surface area (Å²) in [6, 6.07) is 8.90. The van der Waals surface area contributed by atoms with E-state index in [4.69, 9.17) is 16.3 Å². The van der Waals surface area contributed by atoms with Crippen molar-refractivity contribution in [1.82, 2.24) is 0 Å². The summed E-state index contributed by atoms with van der Waals surface area (Å²) < 4.78 is 7.13. The average Bonchev–Trinajstić information content (AvgIpc) is 2.29. The Labute approximate surface area is 117 Å². The van der Waals surface area contributed by atoms with Gasteiger partial charge < -0.3 is 22.3 Å². The Morgan fingerprint density at radius 1 is 1.33 bits per heavy atom. The monoisotopic (exact) mass is 285 g/mol. The normalized spacial score (nSPS) is 9.67. The van der Waals surface area contributed by atoms with Gasteiger partial charge >= 0.3 is 0 Å². The van der Waals surface area contributed by atoms with Crippen molar-refractivity contribution in [1.29, 1.82) is 0 Å². The van der Waals surface area contributed by atoms with Crippen LogP contribution in [0.1, 0.15) is 5.56 Å². The predicted molar refractivity (Wildman–Crippen MR) is 65.4 cm³/mol. The predicted octanol–water partition coefficient (Wildman–Crippen LogP) is -0.606. The van der Waals surface area contributed by atoms with Crippen LogP contribution in [0.15, 0.2) is 42.7 Å². The van der Waals surface area contributed by atoms with Crippen molar-refractivity contribution in [2.45, 2.75) is 6.54 Å². The van der Waals surface area contributed by atoms with Gasteiger partial charge in [-0.25, -0.2) is 0 Å². The molecule has 3 nitrogen and oxygen atoms in total. The van der Waals surface area contributed by atoms with Crippen LogP contribution >= 0.6 is 11.6 Å². The molecule has 0 aliphatic heterocycles. The second kappa shape index (κ2) is 6.47. The number of benzene rings is 1. The van der Waals surface area contributed by atoms with E-state index in [0.29, 0.717) is 11.6 Å². The number of halogens is 2. The molecule has 0 spiro atoms. The summed E-state index contributed by atoms with van der Waals surface area (Å²) >= 11 is 5.96. The van der Waals surface area contributed by atoms with Crippen LogP contribution in [0.5, 0.6) is 11.5 Å². The molecule has 5 heteroatoms. The van der Waals surface area contributed by atoms with E-state index in [9.17, 15) is 5.11 Å². The van der Waals surface area contributed by atoms with Gasteiger partial charge in [0, 0.05) is 11.1 Å². The molecule has 0 atom stereocenters. The van der Waals surface area contributed by atoms with Gasteiger partial charge in [0.05, 0.1) is 12.7 Å². The van der Waals surface area contributed by atoms with Gasteiger partial charge in [-0.15, -0.1) is 0 Å². The summed E-state index contributed by atoms with van der Waals surface area (Å²) in [4.78, 5) is 0. The molecule has 0 saturated heterocycles. The molecule has 0 amide bonds. The van der Waals surface area contributed by atoms with Gasteiger partial charge in [0.15, 0.2) is 18.5 Å². The Bertz CT molecular complexity index is 532. The first kappa shape index (κ1) is 14.6. The quantitative estimate of drug-likeness (QED) is 0.764. The number of aromatic hydroxyl groups is 1. The lowest BCUT2D eigenvalue weighted by molar-refractivity contribution is -0.688. The fourth-order valence-corrected chi connectivity index (χ4v) is 1.87. The molecule has 0 fully saturated rings. The molecule has 1 N–H and O–H groups in total. The van der Waals surface area contributed by atoms with Crippen LogP contribution in [0.25, 0.3) is 0 Å². The molecule has 2 aromatic rings. The van der Waals surface area contributed by atoms with Crippen LogP contribution in [0, 0.1) is 0 Å². The molecule has 0 aliphatic carbocycles. The third kappa shape index (κ3) is 3.52. The highest BCUT2D eigenvalue weighted by atomic mass is 35.5. The third-order valence-electron chi connectivity index (χ3n) is 2.44. The second-order valence-electron chi connectivity index (χ2n) is 3.69. The summed E-state index contributed by atoms with van der Waals surface area (Å²) in [6.45, 7) is 0.595. The highest BCUT2D eigenvalue weighted by Crippen LogP contribution is 2.22. The lowest BCUT2D eigenvalue weighted by Gasteiger charge is -2.06. The van der Waals surface area contributed by atoms with Crippen molar-refractivity contribution in [2.24, 2.45) is 0 Å². The molecule has 1 heterocycles.